The van der Waals surface area contributed by atoms with E-state index in [-0.39, 0.29) is 12.5 Å². The molecule has 1 aromatic heterocycles. The Hall–Kier alpha value is -2.63. The number of carboxylic acid groups (broad SMARTS) is 1. The van der Waals surface area contributed by atoms with Gasteiger partial charge in [-0.2, -0.15) is 5.10 Å². The molecule has 0 aliphatic heterocycles. The highest BCUT2D eigenvalue weighted by molar-refractivity contribution is 5.95. The van der Waals surface area contributed by atoms with Crippen molar-refractivity contribution in [3.8, 4) is 0 Å². The largest absolute Gasteiger partial charge is 0.481 e. The Bertz CT molecular complexity index is 652. The summed E-state index contributed by atoms with van der Waals surface area (Å²) in [5, 5.41) is 13.1. The zero-order chi connectivity index (χ0) is 16.1. The standard InChI is InChI=1S/C16H19N3O3/c1-12(16(21)22)10-18(2)15(20)14-7-4-3-6-13(14)11-19-9-5-8-17-19/h3-9,12H,10-11H2,1-2H3,(H,21,22). The maximum absolute atomic E-state index is 12.6. The van der Waals surface area contributed by atoms with Crippen LogP contribution in [0.25, 0.3) is 0 Å². The average molecular weight is 301 g/mol. The van der Waals surface area contributed by atoms with Crippen LogP contribution < -0.4 is 0 Å². The molecule has 0 aliphatic rings. The van der Waals surface area contributed by atoms with E-state index in [9.17, 15) is 9.59 Å². The lowest BCUT2D eigenvalue weighted by Crippen LogP contribution is -2.34. The van der Waals surface area contributed by atoms with Gasteiger partial charge in [0.25, 0.3) is 5.91 Å². The van der Waals surface area contributed by atoms with Gasteiger partial charge in [-0.25, -0.2) is 0 Å². The molecule has 2 aromatic rings. The number of amides is 1. The first-order valence-electron chi connectivity index (χ1n) is 7.02. The van der Waals surface area contributed by atoms with Crippen molar-refractivity contribution >= 4 is 11.9 Å². The molecule has 0 spiro atoms. The van der Waals surface area contributed by atoms with E-state index < -0.39 is 11.9 Å². The minimum absolute atomic E-state index is 0.171. The van der Waals surface area contributed by atoms with Gasteiger partial charge in [-0.15, -0.1) is 0 Å². The van der Waals surface area contributed by atoms with Crippen molar-refractivity contribution in [1.82, 2.24) is 14.7 Å². The van der Waals surface area contributed by atoms with Crippen LogP contribution in [-0.2, 0) is 11.3 Å². The zero-order valence-electron chi connectivity index (χ0n) is 12.6. The van der Waals surface area contributed by atoms with E-state index in [1.165, 1.54) is 4.90 Å². The highest BCUT2D eigenvalue weighted by atomic mass is 16.4. The normalized spacial score (nSPS) is 11.9. The molecule has 0 radical (unpaired) electrons. The molecule has 0 saturated heterocycles. The number of nitrogens with zero attached hydrogens (tertiary/aromatic N) is 3. The highest BCUT2D eigenvalue weighted by Crippen LogP contribution is 2.13. The van der Waals surface area contributed by atoms with Gasteiger partial charge < -0.3 is 10.0 Å². The summed E-state index contributed by atoms with van der Waals surface area (Å²) in [5.41, 5.74) is 1.42. The van der Waals surface area contributed by atoms with Gasteiger partial charge in [-0.05, 0) is 17.7 Å². The van der Waals surface area contributed by atoms with Crippen LogP contribution in [0.4, 0.5) is 0 Å². The molecule has 1 aromatic carbocycles. The lowest BCUT2D eigenvalue weighted by molar-refractivity contribution is -0.141. The lowest BCUT2D eigenvalue weighted by atomic mass is 10.1. The third kappa shape index (κ3) is 3.72. The summed E-state index contributed by atoms with van der Waals surface area (Å²) in [4.78, 5) is 24.9. The first kappa shape index (κ1) is 15.8. The Balaban J connectivity index is 2.17. The summed E-state index contributed by atoms with van der Waals surface area (Å²) in [6.07, 6.45) is 3.52. The van der Waals surface area contributed by atoms with E-state index in [2.05, 4.69) is 5.10 Å². The van der Waals surface area contributed by atoms with E-state index in [4.69, 9.17) is 5.11 Å². The molecule has 1 atom stereocenters. The minimum atomic E-state index is -0.913. The van der Waals surface area contributed by atoms with Crippen LogP contribution in [0.2, 0.25) is 0 Å². The van der Waals surface area contributed by atoms with Crippen LogP contribution in [0.5, 0.6) is 0 Å². The van der Waals surface area contributed by atoms with Crippen LogP contribution >= 0.6 is 0 Å². The van der Waals surface area contributed by atoms with Crippen LogP contribution in [0, 0.1) is 5.92 Å². The summed E-state index contributed by atoms with van der Waals surface area (Å²) in [5.74, 6) is -1.70. The molecule has 116 valence electrons. The molecule has 1 amide bonds. The smallest absolute Gasteiger partial charge is 0.308 e. The molecule has 6 nitrogen and oxygen atoms in total. The number of rotatable bonds is 6. The number of hydrogen-bond donors (Lipinski definition) is 1. The number of carbonyl (C=O) groups excluding carboxylic acids is 1. The number of benzene rings is 1. The maximum atomic E-state index is 12.6. The second-order valence-electron chi connectivity index (χ2n) is 5.29. The molecule has 0 saturated carbocycles. The Morgan fingerprint density at radius 2 is 2.05 bits per heavy atom. The molecule has 2 rings (SSSR count). The third-order valence-corrected chi connectivity index (χ3v) is 3.46. The monoisotopic (exact) mass is 301 g/mol. The topological polar surface area (TPSA) is 75.4 Å². The fourth-order valence-corrected chi connectivity index (χ4v) is 2.21. The molecule has 22 heavy (non-hydrogen) atoms. The van der Waals surface area contributed by atoms with E-state index in [1.54, 1.807) is 37.0 Å². The van der Waals surface area contributed by atoms with Gasteiger partial charge >= 0.3 is 5.97 Å². The van der Waals surface area contributed by atoms with Crippen molar-refractivity contribution in [2.45, 2.75) is 13.5 Å². The first-order chi connectivity index (χ1) is 10.5. The molecule has 6 heteroatoms. The van der Waals surface area contributed by atoms with E-state index in [0.29, 0.717) is 12.1 Å². The fourth-order valence-electron chi connectivity index (χ4n) is 2.21. The van der Waals surface area contributed by atoms with Crippen LogP contribution in [-0.4, -0.2) is 45.3 Å². The molecule has 0 aliphatic carbocycles. The predicted molar refractivity (Wildman–Crippen MR) is 81.5 cm³/mol. The Morgan fingerprint density at radius 3 is 2.68 bits per heavy atom. The SMILES string of the molecule is CC(CN(C)C(=O)c1ccccc1Cn1cccn1)C(=O)O. The maximum Gasteiger partial charge on any atom is 0.308 e. The van der Waals surface area contributed by atoms with Gasteiger partial charge in [-0.1, -0.05) is 25.1 Å². The lowest BCUT2D eigenvalue weighted by Gasteiger charge is -2.21. The van der Waals surface area contributed by atoms with Gasteiger partial charge in [0.2, 0.25) is 0 Å². The predicted octanol–water partition coefficient (Wildman–Crippen LogP) is 1.72. The Labute approximate surface area is 129 Å². The minimum Gasteiger partial charge on any atom is -0.481 e. The second kappa shape index (κ2) is 6.89. The average Bonchev–Trinajstić information content (AvgIpc) is 2.99. The number of hydrogen-bond acceptors (Lipinski definition) is 3. The van der Waals surface area contributed by atoms with Gasteiger partial charge in [0.05, 0.1) is 12.5 Å². The molecular weight excluding hydrogens is 282 g/mol. The van der Waals surface area contributed by atoms with Crippen molar-refractivity contribution in [1.29, 1.82) is 0 Å². The Kier molecular flexibility index (Phi) is 4.93. The first-order valence-corrected chi connectivity index (χ1v) is 7.02. The molecule has 1 unspecified atom stereocenters. The van der Waals surface area contributed by atoms with Crippen molar-refractivity contribution in [3.63, 3.8) is 0 Å². The third-order valence-electron chi connectivity index (χ3n) is 3.46. The van der Waals surface area contributed by atoms with E-state index >= 15 is 0 Å². The van der Waals surface area contributed by atoms with Gasteiger partial charge in [0.15, 0.2) is 0 Å². The number of carbonyl (C=O) groups is 2. The van der Waals surface area contributed by atoms with Crippen molar-refractivity contribution in [2.24, 2.45) is 5.92 Å². The number of aromatic nitrogens is 2. The molecule has 1 N–H and O–H groups in total. The quantitative estimate of drug-likeness (QED) is 0.881. The van der Waals surface area contributed by atoms with Gasteiger partial charge in [-0.3, -0.25) is 14.3 Å². The van der Waals surface area contributed by atoms with Crippen molar-refractivity contribution in [3.05, 3.63) is 53.9 Å². The molecule has 1 heterocycles. The van der Waals surface area contributed by atoms with Gasteiger partial charge in [0.1, 0.15) is 0 Å². The number of aliphatic carboxylic acids is 1. The zero-order valence-corrected chi connectivity index (χ0v) is 12.6. The molecule has 0 bridgehead atoms. The van der Waals surface area contributed by atoms with Crippen LogP contribution in [0.1, 0.15) is 22.8 Å². The van der Waals surface area contributed by atoms with Crippen molar-refractivity contribution in [2.75, 3.05) is 13.6 Å². The molecular formula is C16H19N3O3. The highest BCUT2D eigenvalue weighted by Gasteiger charge is 2.20. The molecule has 0 fully saturated rings. The number of carboxylic acids is 1. The Morgan fingerprint density at radius 1 is 1.32 bits per heavy atom. The summed E-state index contributed by atoms with van der Waals surface area (Å²) in [6.45, 7) is 2.25. The van der Waals surface area contributed by atoms with Crippen molar-refractivity contribution < 1.29 is 14.7 Å². The summed E-state index contributed by atoms with van der Waals surface area (Å²) < 4.78 is 1.74. The van der Waals surface area contributed by atoms with E-state index in [1.807, 2.05) is 24.4 Å². The second-order valence-corrected chi connectivity index (χ2v) is 5.29. The van der Waals surface area contributed by atoms with Gasteiger partial charge in [0, 0.05) is 31.5 Å². The van der Waals surface area contributed by atoms with Crippen LogP contribution in [0.3, 0.4) is 0 Å². The summed E-state index contributed by atoms with van der Waals surface area (Å²) in [6, 6.07) is 9.13. The fraction of sp³-hybridized carbons (Fsp3) is 0.312. The summed E-state index contributed by atoms with van der Waals surface area (Å²) >= 11 is 0. The van der Waals surface area contributed by atoms with E-state index in [0.717, 1.165) is 5.56 Å². The van der Waals surface area contributed by atoms with Crippen LogP contribution in [0.15, 0.2) is 42.7 Å². The summed E-state index contributed by atoms with van der Waals surface area (Å²) in [7, 11) is 1.62.